The summed E-state index contributed by atoms with van der Waals surface area (Å²) in [5.74, 6) is 0.996. The van der Waals surface area contributed by atoms with E-state index in [1.165, 1.54) is 0 Å². The minimum Gasteiger partial charge on any atom is -0.507 e. The highest BCUT2D eigenvalue weighted by molar-refractivity contribution is 6.22. The average molecular weight is 653 g/mol. The van der Waals surface area contributed by atoms with Crippen LogP contribution in [0.15, 0.2) is 143 Å². The topological polar surface area (TPSA) is 65.2 Å². The lowest BCUT2D eigenvalue weighted by Gasteiger charge is -2.19. The first-order chi connectivity index (χ1) is 24.3. The van der Waals surface area contributed by atoms with E-state index < -0.39 is 0 Å². The van der Waals surface area contributed by atoms with Gasteiger partial charge in [-0.15, -0.1) is 0 Å². The summed E-state index contributed by atoms with van der Waals surface area (Å²) < 4.78 is 0. The molecule has 0 aliphatic rings. The van der Waals surface area contributed by atoms with Gasteiger partial charge in [0.2, 0.25) is 0 Å². The zero-order valence-corrected chi connectivity index (χ0v) is 28.8. The summed E-state index contributed by atoms with van der Waals surface area (Å²) in [6, 6.07) is 44.3. The van der Waals surface area contributed by atoms with E-state index >= 15 is 0 Å². The molecular formula is C46H40N2O2. The van der Waals surface area contributed by atoms with Crippen molar-refractivity contribution in [3.63, 3.8) is 0 Å². The maximum Gasteiger partial charge on any atom is 0.132 e. The molecular weight excluding hydrogens is 613 g/mol. The van der Waals surface area contributed by atoms with Crippen LogP contribution < -0.4 is 0 Å². The predicted octanol–water partition coefficient (Wildman–Crippen LogP) is 12.5. The summed E-state index contributed by atoms with van der Waals surface area (Å²) >= 11 is 0. The quantitative estimate of drug-likeness (QED) is 0.127. The van der Waals surface area contributed by atoms with Gasteiger partial charge in [0.25, 0.3) is 0 Å². The molecule has 0 radical (unpaired) electrons. The Bertz CT molecular complexity index is 2190. The Labute approximate surface area is 293 Å². The van der Waals surface area contributed by atoms with Crippen LogP contribution in [-0.2, 0) is 0 Å². The van der Waals surface area contributed by atoms with Gasteiger partial charge in [-0.25, -0.2) is 0 Å². The maximum absolute atomic E-state index is 11.8. The molecule has 0 amide bonds. The third-order valence-corrected chi connectivity index (χ3v) is 9.41. The van der Waals surface area contributed by atoms with Gasteiger partial charge in [-0.05, 0) is 68.8 Å². The lowest BCUT2D eigenvalue weighted by molar-refractivity contribution is 0.476. The third kappa shape index (κ3) is 6.05. The molecule has 7 aromatic rings. The van der Waals surface area contributed by atoms with Gasteiger partial charge in [0.05, 0.1) is 11.4 Å². The molecule has 4 heteroatoms. The van der Waals surface area contributed by atoms with Crippen molar-refractivity contribution >= 4 is 45.3 Å². The van der Waals surface area contributed by atoms with Gasteiger partial charge in [-0.2, -0.15) is 0 Å². The standard InChI is InChI=1S/C46H40N2O2/c1-29(2)33-17-9-11-25-41(33)47-27-31-15-13-23-39(45(31)49)43-35-19-5-7-21-37(35)44(38-22-8-6-20-36(38)43)40-24-14-16-32(46(40)50)28-48-42-26-12-10-18-34(42)30(3)4/h5-30,49-50H,1-4H3. The largest absolute Gasteiger partial charge is 0.507 e. The Morgan fingerprint density at radius 3 is 1.12 bits per heavy atom. The minimum atomic E-state index is 0.170. The summed E-state index contributed by atoms with van der Waals surface area (Å²) in [6.45, 7) is 8.62. The Balaban J connectivity index is 1.39. The Kier molecular flexibility index (Phi) is 9.02. The highest BCUT2D eigenvalue weighted by Crippen LogP contribution is 2.48. The highest BCUT2D eigenvalue weighted by Gasteiger charge is 2.21. The first kappa shape index (κ1) is 32.5. The van der Waals surface area contributed by atoms with E-state index in [-0.39, 0.29) is 11.5 Å². The number of phenols is 2. The van der Waals surface area contributed by atoms with Crippen LogP contribution in [0.2, 0.25) is 0 Å². The third-order valence-electron chi connectivity index (χ3n) is 9.41. The second-order valence-electron chi connectivity index (χ2n) is 13.3. The molecule has 0 aromatic heterocycles. The number of hydrogen-bond acceptors (Lipinski definition) is 4. The van der Waals surface area contributed by atoms with Crippen molar-refractivity contribution in [3.8, 4) is 33.8 Å². The van der Waals surface area contributed by atoms with E-state index in [1.54, 1.807) is 12.4 Å². The molecule has 246 valence electrons. The first-order valence-electron chi connectivity index (χ1n) is 17.2. The van der Waals surface area contributed by atoms with Crippen molar-refractivity contribution in [2.24, 2.45) is 9.98 Å². The number of fused-ring (bicyclic) bond motifs is 2. The number of phenolic OH excluding ortho intramolecular Hbond substituents is 2. The average Bonchev–Trinajstić information content (AvgIpc) is 3.13. The monoisotopic (exact) mass is 652 g/mol. The number of aromatic hydroxyl groups is 2. The van der Waals surface area contributed by atoms with Crippen molar-refractivity contribution in [2.75, 3.05) is 0 Å². The van der Waals surface area contributed by atoms with E-state index in [0.29, 0.717) is 23.0 Å². The van der Waals surface area contributed by atoms with Gasteiger partial charge in [0, 0.05) is 45.8 Å². The zero-order chi connectivity index (χ0) is 34.8. The molecule has 0 aliphatic heterocycles. The van der Waals surface area contributed by atoms with Crippen LogP contribution in [0.25, 0.3) is 43.8 Å². The Morgan fingerprint density at radius 1 is 0.420 bits per heavy atom. The number of para-hydroxylation sites is 4. The molecule has 0 heterocycles. The van der Waals surface area contributed by atoms with Crippen molar-refractivity contribution in [1.82, 2.24) is 0 Å². The van der Waals surface area contributed by atoms with Gasteiger partial charge < -0.3 is 10.2 Å². The van der Waals surface area contributed by atoms with Gasteiger partial charge in [0.15, 0.2) is 0 Å². The molecule has 7 aromatic carbocycles. The SMILES string of the molecule is CC(C)c1ccccc1N=Cc1cccc(-c2c3ccccc3c(-c3cccc(C=Nc4ccccc4C(C)C)c3O)c3ccccc23)c1O. The summed E-state index contributed by atoms with van der Waals surface area (Å²) in [4.78, 5) is 9.63. The molecule has 0 atom stereocenters. The summed E-state index contributed by atoms with van der Waals surface area (Å²) in [6.07, 6.45) is 3.51. The molecule has 2 N–H and O–H groups in total. The second kappa shape index (κ2) is 13.9. The van der Waals surface area contributed by atoms with E-state index in [0.717, 1.165) is 66.3 Å². The highest BCUT2D eigenvalue weighted by atomic mass is 16.3. The van der Waals surface area contributed by atoms with Gasteiger partial charge in [-0.3, -0.25) is 9.98 Å². The zero-order valence-electron chi connectivity index (χ0n) is 28.8. The van der Waals surface area contributed by atoms with Crippen LogP contribution in [0.1, 0.15) is 61.8 Å². The number of aliphatic imine (C=N–C) groups is 2. The van der Waals surface area contributed by atoms with Crippen LogP contribution in [0.5, 0.6) is 11.5 Å². The molecule has 0 saturated carbocycles. The molecule has 50 heavy (non-hydrogen) atoms. The Morgan fingerprint density at radius 2 is 0.760 bits per heavy atom. The van der Waals surface area contributed by atoms with Gasteiger partial charge in [0.1, 0.15) is 11.5 Å². The lowest BCUT2D eigenvalue weighted by Crippen LogP contribution is -1.94. The van der Waals surface area contributed by atoms with Crippen LogP contribution >= 0.6 is 0 Å². The first-order valence-corrected chi connectivity index (χ1v) is 17.2. The second-order valence-corrected chi connectivity index (χ2v) is 13.3. The van der Waals surface area contributed by atoms with Gasteiger partial charge >= 0.3 is 0 Å². The molecule has 0 fully saturated rings. The number of benzene rings is 7. The van der Waals surface area contributed by atoms with E-state index in [2.05, 4.69) is 64.1 Å². The number of hydrogen-bond donors (Lipinski definition) is 2. The normalized spacial score (nSPS) is 12.0. The summed E-state index contributed by atoms with van der Waals surface area (Å²) in [5.41, 5.74) is 8.68. The van der Waals surface area contributed by atoms with Crippen molar-refractivity contribution in [2.45, 2.75) is 39.5 Å². The molecule has 7 rings (SSSR count). The molecule has 4 nitrogen and oxygen atoms in total. The van der Waals surface area contributed by atoms with E-state index in [9.17, 15) is 10.2 Å². The molecule has 0 aliphatic carbocycles. The summed E-state index contributed by atoms with van der Waals surface area (Å²) in [5, 5.41) is 27.6. The fourth-order valence-corrected chi connectivity index (χ4v) is 6.91. The van der Waals surface area contributed by atoms with E-state index in [1.807, 2.05) is 97.1 Å². The van der Waals surface area contributed by atoms with Crippen molar-refractivity contribution in [3.05, 3.63) is 156 Å². The van der Waals surface area contributed by atoms with Crippen LogP contribution in [0.3, 0.4) is 0 Å². The minimum absolute atomic E-state index is 0.170. The molecule has 0 bridgehead atoms. The van der Waals surface area contributed by atoms with Crippen LogP contribution in [-0.4, -0.2) is 22.6 Å². The Hall–Kier alpha value is -6.00. The summed E-state index contributed by atoms with van der Waals surface area (Å²) in [7, 11) is 0. The molecule has 0 spiro atoms. The fourth-order valence-electron chi connectivity index (χ4n) is 6.91. The fraction of sp³-hybridized carbons (Fsp3) is 0.130. The maximum atomic E-state index is 11.8. The van der Waals surface area contributed by atoms with Crippen molar-refractivity contribution in [1.29, 1.82) is 0 Å². The van der Waals surface area contributed by atoms with Gasteiger partial charge in [-0.1, -0.05) is 137 Å². The smallest absolute Gasteiger partial charge is 0.132 e. The lowest BCUT2D eigenvalue weighted by atomic mass is 9.85. The van der Waals surface area contributed by atoms with E-state index in [4.69, 9.17) is 9.98 Å². The van der Waals surface area contributed by atoms with Crippen LogP contribution in [0.4, 0.5) is 11.4 Å². The van der Waals surface area contributed by atoms with Crippen LogP contribution in [0, 0.1) is 0 Å². The number of rotatable bonds is 8. The number of nitrogens with zero attached hydrogens (tertiary/aromatic N) is 2. The molecule has 0 unspecified atom stereocenters. The predicted molar refractivity (Wildman–Crippen MR) is 211 cm³/mol. The molecule has 0 saturated heterocycles. The van der Waals surface area contributed by atoms with Crippen molar-refractivity contribution < 1.29 is 10.2 Å².